The standard InChI is InChI=1S/C31H64N3O2P/c1-6-7-8-9-10-11-12-13-14-15-16-17-18-21-26-33-27-22-19-20-23-28-35-37(36-29-24-25-32)34(30(2)3)31(4)5/h30-31,33H,6-24,26-29H2,1-5H3. The van der Waals surface area contributed by atoms with E-state index in [4.69, 9.17) is 14.3 Å². The highest BCUT2D eigenvalue weighted by molar-refractivity contribution is 7.44. The minimum absolute atomic E-state index is 0.360. The molecular formula is C31H64N3O2P. The number of hydrogen-bond donors (Lipinski definition) is 1. The number of hydrogen-bond acceptors (Lipinski definition) is 5. The van der Waals surface area contributed by atoms with E-state index in [2.05, 4.69) is 50.7 Å². The van der Waals surface area contributed by atoms with Crippen molar-refractivity contribution in [2.24, 2.45) is 0 Å². The van der Waals surface area contributed by atoms with Gasteiger partial charge >= 0.3 is 0 Å². The molecule has 0 aromatic rings. The lowest BCUT2D eigenvalue weighted by Crippen LogP contribution is -2.33. The summed E-state index contributed by atoms with van der Waals surface area (Å²) in [6.45, 7) is 14.5. The van der Waals surface area contributed by atoms with Gasteiger partial charge in [0.05, 0.1) is 25.7 Å². The second-order valence-corrected chi connectivity index (χ2v) is 12.6. The molecule has 0 aromatic carbocycles. The lowest BCUT2D eigenvalue weighted by molar-refractivity contribution is 0.174. The average molecular weight is 542 g/mol. The normalized spacial score (nSPS) is 12.6. The number of rotatable bonds is 29. The highest BCUT2D eigenvalue weighted by Gasteiger charge is 2.26. The average Bonchev–Trinajstić information content (AvgIpc) is 2.86. The zero-order chi connectivity index (χ0) is 27.4. The van der Waals surface area contributed by atoms with Crippen LogP contribution in [0.3, 0.4) is 0 Å². The Labute approximate surface area is 233 Å². The SMILES string of the molecule is CCCCCCCCCCCCCCCCNCCCCCCOP(OCCC#N)N(C(C)C)C(C)C. The summed E-state index contributed by atoms with van der Waals surface area (Å²) in [7, 11) is -1.09. The molecule has 1 N–H and O–H groups in total. The van der Waals surface area contributed by atoms with Crippen LogP contribution in [-0.4, -0.2) is 43.1 Å². The Morgan fingerprint density at radius 2 is 1.03 bits per heavy atom. The summed E-state index contributed by atoms with van der Waals surface area (Å²) in [6.07, 6.45) is 25.1. The van der Waals surface area contributed by atoms with Gasteiger partial charge in [-0.2, -0.15) is 5.26 Å². The summed E-state index contributed by atoms with van der Waals surface area (Å²) in [5.74, 6) is 0. The Balaban J connectivity index is 3.51. The van der Waals surface area contributed by atoms with Crippen molar-refractivity contribution in [3.8, 4) is 6.07 Å². The van der Waals surface area contributed by atoms with Crippen molar-refractivity contribution in [2.45, 2.75) is 169 Å². The molecule has 0 aliphatic heterocycles. The predicted molar refractivity (Wildman–Crippen MR) is 163 cm³/mol. The van der Waals surface area contributed by atoms with Gasteiger partial charge in [-0.05, 0) is 60.0 Å². The highest BCUT2D eigenvalue weighted by atomic mass is 31.2. The van der Waals surface area contributed by atoms with Crippen molar-refractivity contribution in [1.82, 2.24) is 9.99 Å². The predicted octanol–water partition coefficient (Wildman–Crippen LogP) is 9.91. The molecule has 0 radical (unpaired) electrons. The van der Waals surface area contributed by atoms with Gasteiger partial charge in [0.1, 0.15) is 0 Å². The van der Waals surface area contributed by atoms with Crippen LogP contribution >= 0.6 is 8.53 Å². The van der Waals surface area contributed by atoms with Crippen molar-refractivity contribution in [3.05, 3.63) is 0 Å². The van der Waals surface area contributed by atoms with E-state index < -0.39 is 8.53 Å². The van der Waals surface area contributed by atoms with E-state index in [1.807, 2.05) is 0 Å². The zero-order valence-corrected chi connectivity index (χ0v) is 26.5. The number of nitrogens with one attached hydrogen (secondary N) is 1. The van der Waals surface area contributed by atoms with Crippen molar-refractivity contribution in [2.75, 3.05) is 26.3 Å². The van der Waals surface area contributed by atoms with Gasteiger partial charge in [-0.1, -0.05) is 103 Å². The molecule has 6 heteroatoms. The van der Waals surface area contributed by atoms with Crippen molar-refractivity contribution in [1.29, 1.82) is 5.26 Å². The van der Waals surface area contributed by atoms with Crippen LogP contribution in [0.25, 0.3) is 0 Å². The van der Waals surface area contributed by atoms with Crippen LogP contribution in [0.2, 0.25) is 0 Å². The Hall–Kier alpha value is -0.240. The molecule has 220 valence electrons. The van der Waals surface area contributed by atoms with Crippen molar-refractivity contribution >= 4 is 8.53 Å². The van der Waals surface area contributed by atoms with Gasteiger partial charge in [0.25, 0.3) is 8.53 Å². The lowest BCUT2D eigenvalue weighted by Gasteiger charge is -2.35. The molecule has 0 rings (SSSR count). The van der Waals surface area contributed by atoms with E-state index >= 15 is 0 Å². The Morgan fingerprint density at radius 1 is 0.622 bits per heavy atom. The Bertz CT molecular complexity index is 491. The van der Waals surface area contributed by atoms with E-state index in [0.717, 1.165) is 19.6 Å². The second-order valence-electron chi connectivity index (χ2n) is 11.1. The Kier molecular flexibility index (Phi) is 28.6. The van der Waals surface area contributed by atoms with Gasteiger partial charge in [-0.3, -0.25) is 0 Å². The highest BCUT2D eigenvalue weighted by Crippen LogP contribution is 2.46. The van der Waals surface area contributed by atoms with Crippen LogP contribution in [0.15, 0.2) is 0 Å². The molecular weight excluding hydrogens is 477 g/mol. The van der Waals surface area contributed by atoms with Gasteiger partial charge in [0.2, 0.25) is 0 Å². The fourth-order valence-electron chi connectivity index (χ4n) is 4.73. The second kappa shape index (κ2) is 28.8. The summed E-state index contributed by atoms with van der Waals surface area (Å²) in [5, 5.41) is 12.4. The van der Waals surface area contributed by atoms with Gasteiger partial charge < -0.3 is 14.4 Å². The largest absolute Gasteiger partial charge is 0.322 e. The molecule has 0 saturated carbocycles. The quantitative estimate of drug-likeness (QED) is 0.0754. The summed E-state index contributed by atoms with van der Waals surface area (Å²) < 4.78 is 14.4. The molecule has 0 amide bonds. The van der Waals surface area contributed by atoms with E-state index in [9.17, 15) is 0 Å². The van der Waals surface area contributed by atoms with Gasteiger partial charge in [-0.15, -0.1) is 0 Å². The lowest BCUT2D eigenvalue weighted by atomic mass is 10.0. The van der Waals surface area contributed by atoms with Gasteiger partial charge in [-0.25, -0.2) is 4.67 Å². The monoisotopic (exact) mass is 541 g/mol. The maximum atomic E-state index is 8.82. The van der Waals surface area contributed by atoms with E-state index in [1.54, 1.807) is 0 Å². The molecule has 0 aliphatic rings. The van der Waals surface area contributed by atoms with Gasteiger partial charge in [0.15, 0.2) is 0 Å². The smallest absolute Gasteiger partial charge is 0.259 e. The van der Waals surface area contributed by atoms with Crippen LogP contribution in [0.4, 0.5) is 0 Å². The third-order valence-corrected chi connectivity index (χ3v) is 8.93. The third-order valence-electron chi connectivity index (χ3n) is 6.82. The van der Waals surface area contributed by atoms with Crippen LogP contribution in [0.5, 0.6) is 0 Å². The Morgan fingerprint density at radius 3 is 1.46 bits per heavy atom. The van der Waals surface area contributed by atoms with Crippen molar-refractivity contribution in [3.63, 3.8) is 0 Å². The topological polar surface area (TPSA) is 57.5 Å². The first-order chi connectivity index (χ1) is 18.0. The number of unbranched alkanes of at least 4 members (excludes halogenated alkanes) is 16. The summed E-state index contributed by atoms with van der Waals surface area (Å²) in [6, 6.07) is 2.88. The molecule has 0 saturated heterocycles. The maximum Gasteiger partial charge on any atom is 0.259 e. The minimum Gasteiger partial charge on any atom is -0.322 e. The number of nitrogens with zero attached hydrogens (tertiary/aromatic N) is 2. The maximum absolute atomic E-state index is 8.82. The number of nitriles is 1. The molecule has 0 spiro atoms. The van der Waals surface area contributed by atoms with Crippen LogP contribution < -0.4 is 5.32 Å². The van der Waals surface area contributed by atoms with E-state index in [1.165, 1.54) is 116 Å². The zero-order valence-electron chi connectivity index (χ0n) is 25.6. The van der Waals surface area contributed by atoms with E-state index in [-0.39, 0.29) is 0 Å². The third kappa shape index (κ3) is 24.5. The molecule has 1 unspecified atom stereocenters. The first-order valence-electron chi connectivity index (χ1n) is 16.0. The molecule has 0 aromatic heterocycles. The molecule has 0 fully saturated rings. The van der Waals surface area contributed by atoms with Gasteiger partial charge in [0, 0.05) is 12.1 Å². The molecule has 0 heterocycles. The summed E-state index contributed by atoms with van der Waals surface area (Å²) >= 11 is 0. The molecule has 37 heavy (non-hydrogen) atoms. The van der Waals surface area contributed by atoms with E-state index in [0.29, 0.717) is 25.1 Å². The molecule has 5 nitrogen and oxygen atoms in total. The van der Waals surface area contributed by atoms with Crippen LogP contribution in [-0.2, 0) is 9.05 Å². The summed E-state index contributed by atoms with van der Waals surface area (Å²) in [4.78, 5) is 0. The fourth-order valence-corrected chi connectivity index (χ4v) is 6.36. The molecule has 1 atom stereocenters. The molecule has 0 bridgehead atoms. The fraction of sp³-hybridized carbons (Fsp3) is 0.968. The first-order valence-corrected chi connectivity index (χ1v) is 17.1. The van der Waals surface area contributed by atoms with Crippen LogP contribution in [0, 0.1) is 11.3 Å². The first kappa shape index (κ1) is 36.8. The summed E-state index contributed by atoms with van der Waals surface area (Å²) in [5.41, 5.74) is 0. The molecule has 0 aliphatic carbocycles. The van der Waals surface area contributed by atoms with Crippen LogP contribution in [0.1, 0.15) is 157 Å². The minimum atomic E-state index is -1.09. The van der Waals surface area contributed by atoms with Crippen molar-refractivity contribution < 1.29 is 9.05 Å².